The molecule has 98 valence electrons. The van der Waals surface area contributed by atoms with Gasteiger partial charge in [0.05, 0.1) is 23.5 Å². The predicted octanol–water partition coefficient (Wildman–Crippen LogP) is 1.14. The smallest absolute Gasteiger partial charge is 0.407 e. The molecule has 6 heteroatoms. The Hall–Kier alpha value is -2.29. The van der Waals surface area contributed by atoms with Crippen molar-refractivity contribution in [2.24, 2.45) is 5.92 Å². The molecule has 2 fully saturated rings. The number of hydrogen-bond donors (Lipinski definition) is 1. The molecule has 1 N–H and O–H groups in total. The van der Waals surface area contributed by atoms with Gasteiger partial charge in [0.2, 0.25) is 0 Å². The fourth-order valence-electron chi connectivity index (χ4n) is 2.91. The van der Waals surface area contributed by atoms with E-state index in [1.54, 1.807) is 12.3 Å². The van der Waals surface area contributed by atoms with Crippen molar-refractivity contribution < 1.29 is 9.90 Å². The molecule has 0 unspecified atom stereocenters. The van der Waals surface area contributed by atoms with Gasteiger partial charge in [-0.05, 0) is 12.5 Å². The summed E-state index contributed by atoms with van der Waals surface area (Å²) in [5.74, 6) is 0.486. The molecule has 2 aliphatic rings. The minimum absolute atomic E-state index is 0.0805. The van der Waals surface area contributed by atoms with Gasteiger partial charge in [0.15, 0.2) is 0 Å². The zero-order chi connectivity index (χ0) is 13.4. The number of fused-ring (bicyclic) bond motifs is 1. The lowest BCUT2D eigenvalue weighted by molar-refractivity contribution is 0.0136. The molecule has 6 nitrogen and oxygen atoms in total. The SMILES string of the molecule is N#Cc1cncc(N2CC[C@@H]3CN(C(=O)O)[C@@H]3C2)c1. The molecule has 1 amide bonds. The molecule has 0 radical (unpaired) electrons. The van der Waals surface area contributed by atoms with Gasteiger partial charge in [0.25, 0.3) is 0 Å². The third-order valence-electron chi connectivity index (χ3n) is 4.02. The molecule has 0 bridgehead atoms. The summed E-state index contributed by atoms with van der Waals surface area (Å²) in [6, 6.07) is 3.96. The van der Waals surface area contributed by atoms with E-state index in [4.69, 9.17) is 10.4 Å². The summed E-state index contributed by atoms with van der Waals surface area (Å²) in [6.45, 7) is 2.24. The molecular formula is C13H14N4O2. The lowest BCUT2D eigenvalue weighted by atomic mass is 9.82. The van der Waals surface area contributed by atoms with Gasteiger partial charge in [0, 0.05) is 31.7 Å². The van der Waals surface area contributed by atoms with Crippen molar-refractivity contribution in [3.63, 3.8) is 0 Å². The van der Waals surface area contributed by atoms with Gasteiger partial charge in [-0.2, -0.15) is 5.26 Å². The molecule has 2 atom stereocenters. The maximum Gasteiger partial charge on any atom is 0.407 e. The monoisotopic (exact) mass is 258 g/mol. The average molecular weight is 258 g/mol. The van der Waals surface area contributed by atoms with Crippen LogP contribution in [0.3, 0.4) is 0 Å². The fourth-order valence-corrected chi connectivity index (χ4v) is 2.91. The number of anilines is 1. The second-order valence-electron chi connectivity index (χ2n) is 5.04. The first-order valence-corrected chi connectivity index (χ1v) is 6.28. The zero-order valence-corrected chi connectivity index (χ0v) is 10.4. The first-order chi connectivity index (χ1) is 9.19. The highest BCUT2D eigenvalue weighted by atomic mass is 16.4. The lowest BCUT2D eigenvalue weighted by Gasteiger charge is -2.52. The van der Waals surface area contributed by atoms with E-state index >= 15 is 0 Å². The quantitative estimate of drug-likeness (QED) is 0.817. The Bertz CT molecular complexity index is 554. The number of hydrogen-bond acceptors (Lipinski definition) is 4. The van der Waals surface area contributed by atoms with Crippen molar-refractivity contribution >= 4 is 11.8 Å². The van der Waals surface area contributed by atoms with Crippen molar-refractivity contribution in [1.82, 2.24) is 9.88 Å². The molecule has 0 aliphatic carbocycles. The van der Waals surface area contributed by atoms with Crippen LogP contribution in [-0.2, 0) is 0 Å². The van der Waals surface area contributed by atoms with Crippen LogP contribution in [0.4, 0.5) is 10.5 Å². The van der Waals surface area contributed by atoms with Crippen LogP contribution in [0.25, 0.3) is 0 Å². The Morgan fingerprint density at radius 1 is 1.47 bits per heavy atom. The first kappa shape index (κ1) is 11.8. The summed E-state index contributed by atoms with van der Waals surface area (Å²) in [7, 11) is 0. The number of nitriles is 1. The number of likely N-dealkylation sites (tertiary alicyclic amines) is 1. The molecule has 2 aliphatic heterocycles. The lowest BCUT2D eigenvalue weighted by Crippen LogP contribution is -2.65. The molecular weight excluding hydrogens is 244 g/mol. The molecule has 2 saturated heterocycles. The normalized spacial score (nSPS) is 25.2. The second-order valence-corrected chi connectivity index (χ2v) is 5.04. The van der Waals surface area contributed by atoms with Crippen LogP contribution in [0.15, 0.2) is 18.5 Å². The van der Waals surface area contributed by atoms with Gasteiger partial charge >= 0.3 is 6.09 Å². The van der Waals surface area contributed by atoms with Gasteiger partial charge < -0.3 is 14.9 Å². The highest BCUT2D eigenvalue weighted by Gasteiger charge is 2.45. The molecule has 0 aromatic carbocycles. The van der Waals surface area contributed by atoms with Crippen LogP contribution in [0.5, 0.6) is 0 Å². The van der Waals surface area contributed by atoms with Crippen LogP contribution in [0.1, 0.15) is 12.0 Å². The number of rotatable bonds is 1. The number of amides is 1. The van der Waals surface area contributed by atoms with E-state index in [9.17, 15) is 4.79 Å². The summed E-state index contributed by atoms with van der Waals surface area (Å²) in [4.78, 5) is 18.7. The number of carbonyl (C=O) groups is 1. The fraction of sp³-hybridized carbons (Fsp3) is 0.462. The third kappa shape index (κ3) is 1.97. The van der Waals surface area contributed by atoms with Gasteiger partial charge in [-0.1, -0.05) is 0 Å². The highest BCUT2D eigenvalue weighted by molar-refractivity contribution is 5.67. The van der Waals surface area contributed by atoms with E-state index in [0.717, 1.165) is 18.7 Å². The van der Waals surface area contributed by atoms with Crippen molar-refractivity contribution in [2.75, 3.05) is 24.5 Å². The van der Waals surface area contributed by atoms with E-state index in [1.807, 2.05) is 0 Å². The molecule has 19 heavy (non-hydrogen) atoms. The minimum atomic E-state index is -0.841. The zero-order valence-electron chi connectivity index (χ0n) is 10.4. The standard InChI is InChI=1S/C13H14N4O2/c14-4-9-3-11(6-15-5-9)16-2-1-10-7-17(13(18)19)12(10)8-16/h3,5-6,10,12H,1-2,7-8H2,(H,18,19)/t10-,12-/m1/s1. The van der Waals surface area contributed by atoms with Gasteiger partial charge in [-0.3, -0.25) is 4.98 Å². The van der Waals surface area contributed by atoms with Crippen LogP contribution < -0.4 is 4.90 Å². The maximum atomic E-state index is 11.0. The Morgan fingerprint density at radius 3 is 3.05 bits per heavy atom. The molecule has 3 rings (SSSR count). The maximum absolute atomic E-state index is 11.0. The number of carboxylic acid groups (broad SMARTS) is 1. The number of aromatic nitrogens is 1. The predicted molar refractivity (Wildman–Crippen MR) is 67.8 cm³/mol. The van der Waals surface area contributed by atoms with E-state index in [2.05, 4.69) is 16.0 Å². The van der Waals surface area contributed by atoms with Gasteiger partial charge in [-0.15, -0.1) is 0 Å². The van der Waals surface area contributed by atoms with E-state index < -0.39 is 6.09 Å². The van der Waals surface area contributed by atoms with Crippen LogP contribution in [-0.4, -0.2) is 46.8 Å². The summed E-state index contributed by atoms with van der Waals surface area (Å²) in [5, 5.41) is 17.9. The molecule has 0 saturated carbocycles. The number of pyridine rings is 1. The second kappa shape index (κ2) is 4.43. The van der Waals surface area contributed by atoms with Crippen LogP contribution in [0, 0.1) is 17.2 Å². The summed E-state index contributed by atoms with van der Waals surface area (Å²) in [5.41, 5.74) is 1.43. The van der Waals surface area contributed by atoms with Crippen LogP contribution >= 0.6 is 0 Å². The summed E-state index contributed by atoms with van der Waals surface area (Å²) < 4.78 is 0. The van der Waals surface area contributed by atoms with Crippen molar-refractivity contribution in [3.05, 3.63) is 24.0 Å². The van der Waals surface area contributed by atoms with E-state index in [1.165, 1.54) is 11.1 Å². The summed E-state index contributed by atoms with van der Waals surface area (Å²) in [6.07, 6.45) is 3.41. The third-order valence-corrected chi connectivity index (χ3v) is 4.02. The first-order valence-electron chi connectivity index (χ1n) is 6.28. The Labute approximate surface area is 110 Å². The van der Waals surface area contributed by atoms with E-state index in [0.29, 0.717) is 24.6 Å². The largest absolute Gasteiger partial charge is 0.465 e. The Morgan fingerprint density at radius 2 is 2.32 bits per heavy atom. The Kier molecular flexibility index (Phi) is 2.75. The Balaban J connectivity index is 1.76. The molecule has 1 aromatic rings. The van der Waals surface area contributed by atoms with Crippen molar-refractivity contribution in [1.29, 1.82) is 5.26 Å². The molecule has 1 aromatic heterocycles. The highest BCUT2D eigenvalue weighted by Crippen LogP contribution is 2.34. The van der Waals surface area contributed by atoms with Gasteiger partial charge in [-0.25, -0.2) is 4.79 Å². The van der Waals surface area contributed by atoms with E-state index in [-0.39, 0.29) is 6.04 Å². The van der Waals surface area contributed by atoms with Crippen molar-refractivity contribution in [2.45, 2.75) is 12.5 Å². The average Bonchev–Trinajstić information content (AvgIpc) is 2.40. The topological polar surface area (TPSA) is 80.5 Å². The van der Waals surface area contributed by atoms with Gasteiger partial charge in [0.1, 0.15) is 6.07 Å². The van der Waals surface area contributed by atoms with Crippen molar-refractivity contribution in [3.8, 4) is 6.07 Å². The molecule has 0 spiro atoms. The number of piperidine rings is 1. The molecule has 3 heterocycles. The number of nitrogens with zero attached hydrogens (tertiary/aromatic N) is 4. The minimum Gasteiger partial charge on any atom is -0.465 e. The van der Waals surface area contributed by atoms with Crippen LogP contribution in [0.2, 0.25) is 0 Å². The summed E-state index contributed by atoms with van der Waals surface area (Å²) >= 11 is 0.